The third-order valence-electron chi connectivity index (χ3n) is 7.91. The quantitative estimate of drug-likeness (QED) is 0.360. The van der Waals surface area contributed by atoms with E-state index in [2.05, 4.69) is 0 Å². The highest BCUT2D eigenvalue weighted by molar-refractivity contribution is 5.93. The van der Waals surface area contributed by atoms with Gasteiger partial charge in [-0.1, -0.05) is 78.9 Å². The summed E-state index contributed by atoms with van der Waals surface area (Å²) in [4.78, 5) is 54.1. The van der Waals surface area contributed by atoms with Gasteiger partial charge in [-0.25, -0.2) is 4.79 Å². The van der Waals surface area contributed by atoms with Crippen molar-refractivity contribution in [3.63, 3.8) is 0 Å². The minimum atomic E-state index is -1.30. The van der Waals surface area contributed by atoms with Crippen molar-refractivity contribution >= 4 is 23.9 Å². The number of nitrogens with two attached hydrogens (primary N) is 1. The lowest BCUT2D eigenvalue weighted by molar-refractivity contribution is -0.161. The molecule has 0 saturated carbocycles. The van der Waals surface area contributed by atoms with Gasteiger partial charge in [0.2, 0.25) is 11.8 Å². The van der Waals surface area contributed by atoms with Gasteiger partial charge in [0.05, 0.1) is 6.42 Å². The molecule has 9 nitrogen and oxygen atoms in total. The number of carbonyl (C=O) groups is 4. The summed E-state index contributed by atoms with van der Waals surface area (Å²) in [6.45, 7) is 5.00. The van der Waals surface area contributed by atoms with E-state index in [0.29, 0.717) is 0 Å². The lowest BCUT2D eigenvalue weighted by Crippen LogP contribution is -2.54. The summed E-state index contributed by atoms with van der Waals surface area (Å²) in [5.41, 5.74) is 9.47. The lowest BCUT2D eigenvalue weighted by Gasteiger charge is -2.33. The molecule has 0 saturated heterocycles. The fraction of sp³-hybridized carbons (Fsp3) is 0.333. The van der Waals surface area contributed by atoms with Gasteiger partial charge in [-0.05, 0) is 48.6 Å². The number of carbonyl (C=O) groups excluding carboxylic acids is 4. The molecule has 2 atom stereocenters. The van der Waals surface area contributed by atoms with Gasteiger partial charge in [-0.3, -0.25) is 19.3 Å². The fourth-order valence-electron chi connectivity index (χ4n) is 5.21. The second kappa shape index (κ2) is 12.5. The summed E-state index contributed by atoms with van der Waals surface area (Å²) in [6.07, 6.45) is -1.24. The van der Waals surface area contributed by atoms with Gasteiger partial charge in [0, 0.05) is 20.0 Å². The summed E-state index contributed by atoms with van der Waals surface area (Å²) in [5, 5.41) is 0. The normalized spacial score (nSPS) is 13.7. The second-order valence-electron chi connectivity index (χ2n) is 11.0. The Hall–Kier alpha value is -4.66. The monoisotopic (exact) mass is 571 g/mol. The molecule has 0 aromatic heterocycles. The number of hydrogen-bond donors (Lipinski definition) is 1. The molecule has 42 heavy (non-hydrogen) atoms. The molecule has 0 heterocycles. The van der Waals surface area contributed by atoms with Crippen LogP contribution in [0.2, 0.25) is 0 Å². The Kier molecular flexibility index (Phi) is 8.99. The molecule has 0 bridgehead atoms. The summed E-state index contributed by atoms with van der Waals surface area (Å²) >= 11 is 0. The van der Waals surface area contributed by atoms with Crippen molar-refractivity contribution < 1.29 is 28.7 Å². The number of likely N-dealkylation sites (N-methyl/N-ethyl adjacent to an activating group) is 2. The lowest BCUT2D eigenvalue weighted by atomic mass is 9.98. The Morgan fingerprint density at radius 3 is 1.90 bits per heavy atom. The molecule has 4 rings (SSSR count). The minimum Gasteiger partial charge on any atom is -0.455 e. The van der Waals surface area contributed by atoms with Gasteiger partial charge in [0.25, 0.3) is 0 Å². The molecule has 220 valence electrons. The first-order valence-electron chi connectivity index (χ1n) is 13.8. The Labute approximate surface area is 246 Å². The molecule has 0 spiro atoms. The van der Waals surface area contributed by atoms with Crippen LogP contribution >= 0.6 is 0 Å². The van der Waals surface area contributed by atoms with Crippen LogP contribution in [0.4, 0.5) is 4.79 Å². The zero-order valence-electron chi connectivity index (χ0n) is 24.6. The third kappa shape index (κ3) is 6.30. The molecular formula is C33H37N3O6. The van der Waals surface area contributed by atoms with E-state index < -0.39 is 48.0 Å². The van der Waals surface area contributed by atoms with E-state index in [0.717, 1.165) is 37.6 Å². The molecule has 3 aromatic rings. The number of hydrogen-bond acceptors (Lipinski definition) is 6. The molecule has 3 amide bonds. The maximum atomic E-state index is 13.6. The molecule has 0 aliphatic heterocycles. The van der Waals surface area contributed by atoms with Crippen molar-refractivity contribution in [3.8, 4) is 11.1 Å². The van der Waals surface area contributed by atoms with E-state index in [9.17, 15) is 19.2 Å². The van der Waals surface area contributed by atoms with Gasteiger partial charge >= 0.3 is 12.1 Å². The molecule has 9 heteroatoms. The van der Waals surface area contributed by atoms with E-state index in [4.69, 9.17) is 15.2 Å². The SMILES string of the molecule is C[C@@H](C(N)=O)N(C)C(=O)[C@H](CC(=O)OC(C)(C)c1ccccc1)N(C)C(=O)OCC1c2ccccc2-c2ccccc21. The summed E-state index contributed by atoms with van der Waals surface area (Å²) in [7, 11) is 2.79. The molecule has 0 unspecified atom stereocenters. The van der Waals surface area contributed by atoms with Crippen LogP contribution < -0.4 is 5.73 Å². The zero-order valence-corrected chi connectivity index (χ0v) is 24.6. The molecule has 2 N–H and O–H groups in total. The number of benzene rings is 3. The smallest absolute Gasteiger partial charge is 0.410 e. The maximum absolute atomic E-state index is 13.6. The van der Waals surface area contributed by atoms with Crippen molar-refractivity contribution in [1.29, 1.82) is 0 Å². The molecule has 3 aromatic carbocycles. The Morgan fingerprint density at radius 1 is 0.833 bits per heavy atom. The van der Waals surface area contributed by atoms with Crippen molar-refractivity contribution in [2.24, 2.45) is 5.73 Å². The van der Waals surface area contributed by atoms with E-state index >= 15 is 0 Å². The van der Waals surface area contributed by atoms with Gasteiger partial charge in [-0.15, -0.1) is 0 Å². The summed E-state index contributed by atoms with van der Waals surface area (Å²) in [6, 6.07) is 22.8. The highest BCUT2D eigenvalue weighted by Gasteiger charge is 2.37. The van der Waals surface area contributed by atoms with Crippen molar-refractivity contribution in [3.05, 3.63) is 95.6 Å². The number of fused-ring (bicyclic) bond motifs is 3. The first-order valence-corrected chi connectivity index (χ1v) is 13.8. The predicted octanol–water partition coefficient (Wildman–Crippen LogP) is 4.44. The molecule has 0 radical (unpaired) electrons. The molecule has 1 aliphatic rings. The van der Waals surface area contributed by atoms with Crippen LogP contribution in [0.25, 0.3) is 11.1 Å². The fourth-order valence-corrected chi connectivity index (χ4v) is 5.21. The average molecular weight is 572 g/mol. The summed E-state index contributed by atoms with van der Waals surface area (Å²) in [5.74, 6) is -2.24. The number of rotatable bonds is 10. The predicted molar refractivity (Wildman–Crippen MR) is 158 cm³/mol. The molecule has 1 aliphatic carbocycles. The van der Waals surface area contributed by atoms with E-state index in [1.54, 1.807) is 13.8 Å². The summed E-state index contributed by atoms with van der Waals surface area (Å²) < 4.78 is 11.5. The van der Waals surface area contributed by atoms with Crippen LogP contribution in [0.1, 0.15) is 49.8 Å². The topological polar surface area (TPSA) is 119 Å². The molecule has 0 fully saturated rings. The number of nitrogens with zero attached hydrogens (tertiary/aromatic N) is 2. The number of ether oxygens (including phenoxy) is 2. The van der Waals surface area contributed by atoms with Crippen LogP contribution in [-0.2, 0) is 29.5 Å². The minimum absolute atomic E-state index is 0.0388. The first-order chi connectivity index (χ1) is 19.9. The number of esters is 1. The number of primary amides is 1. The van der Waals surface area contributed by atoms with Gasteiger partial charge < -0.3 is 20.1 Å². The van der Waals surface area contributed by atoms with E-state index in [1.807, 2.05) is 78.9 Å². The first kappa shape index (κ1) is 30.3. The maximum Gasteiger partial charge on any atom is 0.410 e. The standard InChI is InChI=1S/C33H37N3O6/c1-21(30(34)38)35(4)31(39)28(19-29(37)42-33(2,3)22-13-7-6-8-14-22)36(5)32(40)41-20-27-25-17-11-9-15-23(25)24-16-10-12-18-26(24)27/h6-18,21,27-28H,19-20H2,1-5H3,(H2,34,38)/t21-,28-/m0/s1. The van der Waals surface area contributed by atoms with Gasteiger partial charge in [0.15, 0.2) is 0 Å². The van der Waals surface area contributed by atoms with E-state index in [-0.39, 0.29) is 12.5 Å². The molecular weight excluding hydrogens is 534 g/mol. The Balaban J connectivity index is 1.52. The highest BCUT2D eigenvalue weighted by Crippen LogP contribution is 2.44. The van der Waals surface area contributed by atoms with Gasteiger partial charge in [0.1, 0.15) is 24.3 Å². The van der Waals surface area contributed by atoms with Crippen LogP contribution in [0.15, 0.2) is 78.9 Å². The average Bonchev–Trinajstić information content (AvgIpc) is 3.30. The zero-order chi connectivity index (χ0) is 30.6. The van der Waals surface area contributed by atoms with Crippen LogP contribution in [0.5, 0.6) is 0 Å². The van der Waals surface area contributed by atoms with Crippen molar-refractivity contribution in [2.75, 3.05) is 20.7 Å². The van der Waals surface area contributed by atoms with Crippen molar-refractivity contribution in [1.82, 2.24) is 9.80 Å². The Bertz CT molecular complexity index is 1430. The van der Waals surface area contributed by atoms with Crippen LogP contribution in [0.3, 0.4) is 0 Å². The van der Waals surface area contributed by atoms with E-state index in [1.165, 1.54) is 21.0 Å². The highest BCUT2D eigenvalue weighted by atomic mass is 16.6. The Morgan fingerprint density at radius 2 is 1.36 bits per heavy atom. The third-order valence-corrected chi connectivity index (χ3v) is 7.91. The van der Waals surface area contributed by atoms with Crippen molar-refractivity contribution in [2.45, 2.75) is 50.8 Å². The largest absolute Gasteiger partial charge is 0.455 e. The number of amides is 3. The van der Waals surface area contributed by atoms with Gasteiger partial charge in [-0.2, -0.15) is 0 Å². The second-order valence-corrected chi connectivity index (χ2v) is 11.0. The van der Waals surface area contributed by atoms with Crippen LogP contribution in [0, 0.1) is 0 Å². The van der Waals surface area contributed by atoms with Crippen LogP contribution in [-0.4, -0.2) is 66.5 Å².